The smallest absolute Gasteiger partial charge is 0.216 e. The maximum Gasteiger partial charge on any atom is 0.216 e. The monoisotopic (exact) mass is 282 g/mol. The van der Waals surface area contributed by atoms with Gasteiger partial charge in [0.05, 0.1) is 6.21 Å². The van der Waals surface area contributed by atoms with Gasteiger partial charge in [-0.1, -0.05) is 34.1 Å². The van der Waals surface area contributed by atoms with E-state index in [4.69, 9.17) is 12.2 Å². The molecular weight excluding hydrogens is 276 g/mol. The van der Waals surface area contributed by atoms with E-state index in [0.29, 0.717) is 4.77 Å². The predicted molar refractivity (Wildman–Crippen MR) is 64.5 cm³/mol. The van der Waals surface area contributed by atoms with Gasteiger partial charge in [-0.05, 0) is 18.3 Å². The molecule has 0 radical (unpaired) electrons. The van der Waals surface area contributed by atoms with Crippen molar-refractivity contribution < 1.29 is 0 Å². The minimum absolute atomic E-state index is 0.471. The fourth-order valence-electron chi connectivity index (χ4n) is 1.03. The number of H-pyrrole nitrogens is 1. The molecule has 15 heavy (non-hydrogen) atoms. The van der Waals surface area contributed by atoms with Crippen molar-refractivity contribution in [3.05, 3.63) is 45.4 Å². The molecule has 0 unspecified atom stereocenters. The Morgan fingerprint density at radius 1 is 1.47 bits per heavy atom. The number of halogens is 1. The summed E-state index contributed by atoms with van der Waals surface area (Å²) < 4.78 is 2.96. The van der Waals surface area contributed by atoms with E-state index in [9.17, 15) is 0 Å². The number of hydrogen-bond acceptors (Lipinski definition) is 3. The Balaban J connectivity index is 2.30. The van der Waals surface area contributed by atoms with E-state index in [-0.39, 0.29) is 0 Å². The summed E-state index contributed by atoms with van der Waals surface area (Å²) in [6.07, 6.45) is 3.24. The lowest BCUT2D eigenvalue weighted by molar-refractivity contribution is 0.862. The van der Waals surface area contributed by atoms with Gasteiger partial charge in [0, 0.05) is 10.0 Å². The molecule has 0 amide bonds. The van der Waals surface area contributed by atoms with Crippen molar-refractivity contribution in [2.45, 2.75) is 0 Å². The summed E-state index contributed by atoms with van der Waals surface area (Å²) in [4.78, 5) is 0. The zero-order valence-corrected chi connectivity index (χ0v) is 9.99. The predicted octanol–water partition coefficient (Wildman–Crippen LogP) is 2.59. The molecule has 6 heteroatoms. The molecule has 1 N–H and O–H groups in total. The lowest BCUT2D eigenvalue weighted by atomic mass is 10.2. The molecule has 2 aromatic rings. The number of rotatable bonds is 2. The SMILES string of the molecule is S=c1[nH]ncn1/N=C\c1ccccc1Br. The lowest BCUT2D eigenvalue weighted by Gasteiger charge is -1.95. The molecule has 0 atom stereocenters. The molecule has 1 aromatic carbocycles. The van der Waals surface area contributed by atoms with Crippen LogP contribution in [0.2, 0.25) is 0 Å². The number of nitrogens with zero attached hydrogens (tertiary/aromatic N) is 3. The van der Waals surface area contributed by atoms with E-state index in [1.54, 1.807) is 6.21 Å². The molecule has 4 nitrogen and oxygen atoms in total. The molecule has 76 valence electrons. The van der Waals surface area contributed by atoms with E-state index >= 15 is 0 Å². The topological polar surface area (TPSA) is 46.0 Å². The number of aromatic amines is 1. The zero-order chi connectivity index (χ0) is 10.7. The molecule has 0 spiro atoms. The van der Waals surface area contributed by atoms with Crippen LogP contribution in [0, 0.1) is 4.77 Å². The molecule has 0 saturated carbocycles. The van der Waals surface area contributed by atoms with Crippen LogP contribution in [0.3, 0.4) is 0 Å². The summed E-state index contributed by atoms with van der Waals surface area (Å²) in [5.74, 6) is 0. The number of hydrogen-bond donors (Lipinski definition) is 1. The Bertz CT molecular complexity index is 543. The third kappa shape index (κ3) is 2.40. The van der Waals surface area contributed by atoms with E-state index in [2.05, 4.69) is 31.2 Å². The van der Waals surface area contributed by atoms with Gasteiger partial charge in [-0.25, -0.2) is 0 Å². The minimum Gasteiger partial charge on any atom is -0.250 e. The van der Waals surface area contributed by atoms with Crippen molar-refractivity contribution in [3.63, 3.8) is 0 Å². The Morgan fingerprint density at radius 2 is 2.27 bits per heavy atom. The van der Waals surface area contributed by atoms with Crippen molar-refractivity contribution >= 4 is 34.4 Å². The van der Waals surface area contributed by atoms with E-state index in [0.717, 1.165) is 10.0 Å². The molecule has 1 heterocycles. The van der Waals surface area contributed by atoms with Crippen LogP contribution in [0.5, 0.6) is 0 Å². The molecule has 0 aliphatic carbocycles. The van der Waals surface area contributed by atoms with Crippen LogP contribution in [-0.4, -0.2) is 21.1 Å². The molecule has 0 bridgehead atoms. The highest BCUT2D eigenvalue weighted by molar-refractivity contribution is 9.10. The normalized spacial score (nSPS) is 11.0. The van der Waals surface area contributed by atoms with Gasteiger partial charge >= 0.3 is 0 Å². The second-order valence-corrected chi connectivity index (χ2v) is 4.01. The van der Waals surface area contributed by atoms with E-state index < -0.39 is 0 Å². The van der Waals surface area contributed by atoms with Gasteiger partial charge in [0.25, 0.3) is 0 Å². The summed E-state index contributed by atoms with van der Waals surface area (Å²) in [6.45, 7) is 0. The van der Waals surface area contributed by atoms with E-state index in [1.807, 2.05) is 24.3 Å². The van der Waals surface area contributed by atoms with Crippen LogP contribution in [0.4, 0.5) is 0 Å². The highest BCUT2D eigenvalue weighted by Gasteiger charge is 1.94. The van der Waals surface area contributed by atoms with Crippen molar-refractivity contribution in [1.29, 1.82) is 0 Å². The second-order valence-electron chi connectivity index (χ2n) is 2.77. The molecule has 0 fully saturated rings. The maximum atomic E-state index is 4.95. The first-order chi connectivity index (χ1) is 7.27. The third-order valence-corrected chi connectivity index (χ3v) is 2.76. The van der Waals surface area contributed by atoms with Crippen molar-refractivity contribution in [3.8, 4) is 0 Å². The Labute approximate surface area is 99.8 Å². The average molecular weight is 283 g/mol. The minimum atomic E-state index is 0.471. The van der Waals surface area contributed by atoms with Crippen LogP contribution in [0.1, 0.15) is 5.56 Å². The third-order valence-electron chi connectivity index (χ3n) is 1.76. The molecule has 1 aromatic heterocycles. The largest absolute Gasteiger partial charge is 0.250 e. The quantitative estimate of drug-likeness (QED) is 0.680. The molecule has 0 saturated heterocycles. The Kier molecular flexibility index (Phi) is 3.08. The first-order valence-electron chi connectivity index (χ1n) is 4.18. The number of aromatic nitrogens is 3. The van der Waals surface area contributed by atoms with Gasteiger partial charge in [-0.15, -0.1) is 0 Å². The lowest BCUT2D eigenvalue weighted by Crippen LogP contribution is -1.89. The van der Waals surface area contributed by atoms with Gasteiger partial charge in [0.2, 0.25) is 4.77 Å². The summed E-state index contributed by atoms with van der Waals surface area (Å²) >= 11 is 8.38. The van der Waals surface area contributed by atoms with Gasteiger partial charge in [-0.3, -0.25) is 5.10 Å². The van der Waals surface area contributed by atoms with E-state index in [1.165, 1.54) is 11.0 Å². The first-order valence-corrected chi connectivity index (χ1v) is 5.38. The zero-order valence-electron chi connectivity index (χ0n) is 7.59. The van der Waals surface area contributed by atoms with Crippen molar-refractivity contribution in [2.24, 2.45) is 5.10 Å². The van der Waals surface area contributed by atoms with Crippen LogP contribution >= 0.6 is 28.1 Å². The fraction of sp³-hybridized carbons (Fsp3) is 0. The highest BCUT2D eigenvalue weighted by atomic mass is 79.9. The fourth-order valence-corrected chi connectivity index (χ4v) is 1.56. The summed E-state index contributed by atoms with van der Waals surface area (Å²) in [5.41, 5.74) is 0.987. The van der Waals surface area contributed by atoms with Gasteiger partial charge < -0.3 is 0 Å². The second kappa shape index (κ2) is 4.50. The number of nitrogens with one attached hydrogen (secondary N) is 1. The van der Waals surface area contributed by atoms with Crippen LogP contribution in [0.25, 0.3) is 0 Å². The van der Waals surface area contributed by atoms with Gasteiger partial charge in [-0.2, -0.15) is 14.9 Å². The molecule has 0 aliphatic heterocycles. The summed E-state index contributed by atoms with van der Waals surface area (Å²) in [7, 11) is 0. The first kappa shape index (κ1) is 10.3. The van der Waals surface area contributed by atoms with Crippen LogP contribution in [0.15, 0.2) is 40.2 Å². The summed E-state index contributed by atoms with van der Waals surface area (Å²) in [5, 5.41) is 10.5. The highest BCUT2D eigenvalue weighted by Crippen LogP contribution is 2.13. The standard InChI is InChI=1S/C9H7BrN4S/c10-8-4-2-1-3-7(8)5-12-14-6-11-13-9(14)15/h1-6H,(H,13,15)/b12-5-. The molecule has 0 aliphatic rings. The maximum absolute atomic E-state index is 4.95. The van der Waals surface area contributed by atoms with Gasteiger partial charge in [0.15, 0.2) is 0 Å². The Morgan fingerprint density at radius 3 is 2.93 bits per heavy atom. The summed E-state index contributed by atoms with van der Waals surface area (Å²) in [6, 6.07) is 7.80. The molecule has 2 rings (SSSR count). The Hall–Kier alpha value is -1.27. The van der Waals surface area contributed by atoms with Crippen LogP contribution in [-0.2, 0) is 0 Å². The molecular formula is C9H7BrN4S. The van der Waals surface area contributed by atoms with Gasteiger partial charge in [0.1, 0.15) is 6.33 Å². The average Bonchev–Trinajstić information content (AvgIpc) is 2.63. The van der Waals surface area contributed by atoms with Crippen molar-refractivity contribution in [1.82, 2.24) is 14.9 Å². The van der Waals surface area contributed by atoms with Crippen LogP contribution < -0.4 is 0 Å². The number of benzene rings is 1. The van der Waals surface area contributed by atoms with Crippen molar-refractivity contribution in [2.75, 3.05) is 0 Å².